The Hall–Kier alpha value is -2.34. The van der Waals surface area contributed by atoms with Gasteiger partial charge in [-0.1, -0.05) is 46.1 Å². The number of nitrogens with one attached hydrogen (secondary N) is 3. The molecule has 6 nitrogen and oxygen atoms in total. The summed E-state index contributed by atoms with van der Waals surface area (Å²) in [5.41, 5.74) is 10.6. The van der Waals surface area contributed by atoms with Crippen LogP contribution < -0.4 is 15.8 Å². The van der Waals surface area contributed by atoms with E-state index in [9.17, 15) is 9.59 Å². The molecule has 33 heavy (non-hydrogen) atoms. The highest BCUT2D eigenvalue weighted by atomic mass is 16.2. The number of carbonyl (C=O) groups excluding carboxylic acids is 2. The van der Waals surface area contributed by atoms with E-state index in [-0.39, 0.29) is 11.8 Å². The third-order valence-corrected chi connectivity index (χ3v) is 8.10. The molecular formula is C27H39N4O2+. The van der Waals surface area contributed by atoms with Gasteiger partial charge < -0.3 is 9.47 Å². The van der Waals surface area contributed by atoms with Crippen molar-refractivity contribution in [1.29, 1.82) is 0 Å². The highest BCUT2D eigenvalue weighted by molar-refractivity contribution is 5.87. The zero-order valence-corrected chi connectivity index (χ0v) is 20.4. The van der Waals surface area contributed by atoms with Gasteiger partial charge in [-0.2, -0.15) is 0 Å². The van der Waals surface area contributed by atoms with Gasteiger partial charge in [-0.3, -0.25) is 20.4 Å². The van der Waals surface area contributed by atoms with Gasteiger partial charge in [0.2, 0.25) is 5.91 Å². The van der Waals surface area contributed by atoms with E-state index in [1.165, 1.54) is 71.1 Å². The summed E-state index contributed by atoms with van der Waals surface area (Å²) >= 11 is 0. The number of hydrogen-bond donors (Lipinski definition) is 3. The molecule has 1 aliphatic heterocycles. The van der Waals surface area contributed by atoms with Crippen LogP contribution in [0.3, 0.4) is 0 Å². The lowest BCUT2D eigenvalue weighted by Crippen LogP contribution is -3.15. The molecule has 1 fully saturated rings. The Kier molecular flexibility index (Phi) is 5.98. The van der Waals surface area contributed by atoms with Crippen molar-refractivity contribution in [3.05, 3.63) is 35.0 Å². The number of benzene rings is 1. The molecule has 0 radical (unpaired) electrons. The average molecular weight is 452 g/mol. The predicted molar refractivity (Wildman–Crippen MR) is 130 cm³/mol. The third kappa shape index (κ3) is 4.30. The molecule has 1 aromatic carbocycles. The molecule has 0 saturated heterocycles. The van der Waals surface area contributed by atoms with Gasteiger partial charge in [-0.25, -0.2) is 0 Å². The van der Waals surface area contributed by atoms with Gasteiger partial charge in [0.1, 0.15) is 6.04 Å². The molecule has 3 N–H and O–H groups in total. The average Bonchev–Trinajstić information content (AvgIpc) is 3.13. The summed E-state index contributed by atoms with van der Waals surface area (Å²) < 4.78 is 2.54. The van der Waals surface area contributed by atoms with E-state index in [0.717, 1.165) is 31.8 Å². The molecule has 1 saturated carbocycles. The van der Waals surface area contributed by atoms with Gasteiger partial charge in [0.15, 0.2) is 6.54 Å². The number of carbonyl (C=O) groups is 2. The number of aryl methyl sites for hydroxylation is 1. The van der Waals surface area contributed by atoms with Crippen molar-refractivity contribution < 1.29 is 14.5 Å². The summed E-state index contributed by atoms with van der Waals surface area (Å²) in [6.07, 6.45) is 10.2. The lowest BCUT2D eigenvalue weighted by atomic mass is 9.83. The van der Waals surface area contributed by atoms with Crippen LogP contribution in [-0.2, 0) is 22.6 Å². The molecule has 2 aromatic rings. The van der Waals surface area contributed by atoms with Crippen LogP contribution in [0.2, 0.25) is 0 Å². The van der Waals surface area contributed by atoms with Crippen molar-refractivity contribution in [2.45, 2.75) is 90.6 Å². The van der Waals surface area contributed by atoms with Gasteiger partial charge in [0.05, 0.1) is 18.8 Å². The van der Waals surface area contributed by atoms with Crippen LogP contribution in [0.5, 0.6) is 0 Å². The highest BCUT2D eigenvalue weighted by Crippen LogP contribution is 2.40. The number of amides is 2. The number of nitrogens with zero attached hydrogens (tertiary/aromatic N) is 1. The number of hydrogen-bond acceptors (Lipinski definition) is 2. The molecule has 2 aliphatic carbocycles. The van der Waals surface area contributed by atoms with Crippen LogP contribution in [0, 0.1) is 5.41 Å². The monoisotopic (exact) mass is 451 g/mol. The van der Waals surface area contributed by atoms with Crippen LogP contribution in [-0.4, -0.2) is 29.5 Å². The standard InChI is InChI=1S/C27H38N4O2/c1-27(2,3)26(33)29-28-24(32)17-30-14-15-31-22-13-12-19(18-8-5-4-6-9-18)16-21(22)20-10-7-11-23(30)25(20)31/h12-13,16,18,23H,4-11,14-15,17H2,1-3H3,(H,28,32)(H,29,33)/p+1/t23-/m0/s1. The molecule has 2 heterocycles. The minimum atomic E-state index is -0.527. The lowest BCUT2D eigenvalue weighted by Gasteiger charge is -2.36. The van der Waals surface area contributed by atoms with E-state index < -0.39 is 5.41 Å². The first-order valence-electron chi connectivity index (χ1n) is 12.9. The molecular weight excluding hydrogens is 412 g/mol. The van der Waals surface area contributed by atoms with Gasteiger partial charge in [0.25, 0.3) is 5.91 Å². The smallest absolute Gasteiger partial charge is 0.293 e. The van der Waals surface area contributed by atoms with Gasteiger partial charge in [-0.15, -0.1) is 0 Å². The summed E-state index contributed by atoms with van der Waals surface area (Å²) in [5, 5.41) is 1.46. The van der Waals surface area contributed by atoms with Crippen molar-refractivity contribution in [2.24, 2.45) is 5.41 Å². The van der Waals surface area contributed by atoms with Gasteiger partial charge in [0, 0.05) is 22.7 Å². The topological polar surface area (TPSA) is 67.6 Å². The van der Waals surface area contributed by atoms with Crippen molar-refractivity contribution in [3.8, 4) is 0 Å². The van der Waals surface area contributed by atoms with Crippen LogP contribution in [0.4, 0.5) is 0 Å². The highest BCUT2D eigenvalue weighted by Gasteiger charge is 2.38. The Morgan fingerprint density at radius 1 is 1.06 bits per heavy atom. The van der Waals surface area contributed by atoms with E-state index >= 15 is 0 Å². The number of rotatable bonds is 3. The largest absolute Gasteiger partial charge is 0.334 e. The number of fused-ring (bicyclic) bond motifs is 3. The SMILES string of the molecule is CC(C)(C)C(=O)NNC(=O)C[NH+]1CCn2c3c(c4cc(C5CCCCC5)ccc42)CCC[C@@H]31. The number of hydrazine groups is 1. The molecule has 3 aliphatic rings. The first kappa shape index (κ1) is 22.5. The Morgan fingerprint density at radius 3 is 2.61 bits per heavy atom. The van der Waals surface area contributed by atoms with Crippen molar-refractivity contribution >= 4 is 22.7 Å². The maximum absolute atomic E-state index is 12.7. The molecule has 0 spiro atoms. The van der Waals surface area contributed by atoms with Crippen molar-refractivity contribution in [3.63, 3.8) is 0 Å². The summed E-state index contributed by atoms with van der Waals surface area (Å²) in [4.78, 5) is 26.1. The second kappa shape index (κ2) is 8.79. The first-order chi connectivity index (χ1) is 15.8. The zero-order valence-electron chi connectivity index (χ0n) is 20.4. The quantitative estimate of drug-likeness (QED) is 0.628. The number of aromatic nitrogens is 1. The molecule has 5 rings (SSSR count). The van der Waals surface area contributed by atoms with E-state index in [4.69, 9.17) is 0 Å². The molecule has 2 amide bonds. The molecule has 2 atom stereocenters. The second-order valence-corrected chi connectivity index (χ2v) is 11.4. The normalized spacial score (nSPS) is 23.2. The van der Waals surface area contributed by atoms with Gasteiger partial charge >= 0.3 is 0 Å². The second-order valence-electron chi connectivity index (χ2n) is 11.4. The fraction of sp³-hybridized carbons (Fsp3) is 0.630. The third-order valence-electron chi connectivity index (χ3n) is 8.10. The fourth-order valence-electron chi connectivity index (χ4n) is 6.28. The summed E-state index contributed by atoms with van der Waals surface area (Å²) in [5.74, 6) is 0.443. The fourth-order valence-corrected chi connectivity index (χ4v) is 6.28. The Labute approximate surface area is 197 Å². The molecule has 1 aromatic heterocycles. The van der Waals surface area contributed by atoms with Crippen molar-refractivity contribution in [1.82, 2.24) is 15.4 Å². The molecule has 0 bridgehead atoms. The summed E-state index contributed by atoms with van der Waals surface area (Å²) in [6, 6.07) is 7.61. The van der Waals surface area contributed by atoms with Crippen molar-refractivity contribution in [2.75, 3.05) is 13.1 Å². The summed E-state index contributed by atoms with van der Waals surface area (Å²) in [6.45, 7) is 7.79. The molecule has 178 valence electrons. The minimum Gasteiger partial charge on any atom is -0.334 e. The maximum atomic E-state index is 12.7. The van der Waals surface area contributed by atoms with Crippen LogP contribution in [0.15, 0.2) is 18.2 Å². The van der Waals surface area contributed by atoms with Crippen LogP contribution >= 0.6 is 0 Å². The van der Waals surface area contributed by atoms with Crippen LogP contribution in [0.25, 0.3) is 10.9 Å². The minimum absolute atomic E-state index is 0.112. The summed E-state index contributed by atoms with van der Waals surface area (Å²) in [7, 11) is 0. The van der Waals surface area contributed by atoms with Crippen LogP contribution in [0.1, 0.15) is 94.5 Å². The van der Waals surface area contributed by atoms with E-state index in [2.05, 4.69) is 33.6 Å². The molecule has 1 unspecified atom stereocenters. The first-order valence-corrected chi connectivity index (χ1v) is 12.9. The number of quaternary nitrogens is 1. The van der Waals surface area contributed by atoms with Gasteiger partial charge in [-0.05, 0) is 54.9 Å². The van der Waals surface area contributed by atoms with E-state index in [1.807, 2.05) is 20.8 Å². The Balaban J connectivity index is 1.36. The zero-order chi connectivity index (χ0) is 23.2. The Bertz CT molecular complexity index is 1060. The van der Waals surface area contributed by atoms with E-state index in [1.54, 1.807) is 0 Å². The predicted octanol–water partition coefficient (Wildman–Crippen LogP) is 3.16. The molecule has 6 heteroatoms. The lowest BCUT2D eigenvalue weighted by molar-refractivity contribution is -0.929. The Morgan fingerprint density at radius 2 is 1.85 bits per heavy atom. The maximum Gasteiger partial charge on any atom is 0.293 e. The van der Waals surface area contributed by atoms with E-state index in [0.29, 0.717) is 12.6 Å².